The first-order valence-electron chi connectivity index (χ1n) is 5.43. The fourth-order valence-electron chi connectivity index (χ4n) is 1.60. The van der Waals surface area contributed by atoms with Gasteiger partial charge in [0, 0.05) is 17.7 Å². The number of nitro groups is 1. The molecule has 3 rings (SSSR count). The van der Waals surface area contributed by atoms with E-state index in [1.807, 2.05) is 0 Å². The van der Waals surface area contributed by atoms with Crippen LogP contribution in [0.2, 0.25) is 5.02 Å². The standard InChI is InChI=1S/C11H6ClN5O3/c12-8-5-13-15-9(8)11-14-10(16-20-11)6-1-3-7(4-2-6)17(18)19/h1-5H,(H,13,15). The topological polar surface area (TPSA) is 111 Å². The second-order valence-corrected chi connectivity index (χ2v) is 4.23. The highest BCUT2D eigenvalue weighted by Crippen LogP contribution is 2.26. The van der Waals surface area contributed by atoms with Crippen molar-refractivity contribution < 1.29 is 9.45 Å². The Morgan fingerprint density at radius 2 is 2.05 bits per heavy atom. The van der Waals surface area contributed by atoms with Crippen LogP contribution in [0.1, 0.15) is 0 Å². The summed E-state index contributed by atoms with van der Waals surface area (Å²) in [6.45, 7) is 0. The third-order valence-electron chi connectivity index (χ3n) is 2.57. The first-order chi connectivity index (χ1) is 9.65. The molecule has 8 nitrogen and oxygen atoms in total. The molecule has 20 heavy (non-hydrogen) atoms. The molecule has 2 aromatic heterocycles. The summed E-state index contributed by atoms with van der Waals surface area (Å²) in [4.78, 5) is 14.3. The molecule has 0 radical (unpaired) electrons. The number of nitrogens with one attached hydrogen (secondary N) is 1. The lowest BCUT2D eigenvalue weighted by molar-refractivity contribution is -0.384. The lowest BCUT2D eigenvalue weighted by Crippen LogP contribution is -1.88. The monoisotopic (exact) mass is 291 g/mol. The maximum absolute atomic E-state index is 10.6. The summed E-state index contributed by atoms with van der Waals surface area (Å²) >= 11 is 5.89. The molecular weight excluding hydrogens is 286 g/mol. The van der Waals surface area contributed by atoms with E-state index in [2.05, 4.69) is 20.3 Å². The summed E-state index contributed by atoms with van der Waals surface area (Å²) in [6.07, 6.45) is 1.42. The number of hydrogen-bond donors (Lipinski definition) is 1. The van der Waals surface area contributed by atoms with E-state index in [9.17, 15) is 10.1 Å². The Balaban J connectivity index is 1.94. The number of aromatic amines is 1. The minimum Gasteiger partial charge on any atom is -0.332 e. The fourth-order valence-corrected chi connectivity index (χ4v) is 1.77. The van der Waals surface area contributed by atoms with Crippen LogP contribution in [0.5, 0.6) is 0 Å². The molecular formula is C11H6ClN5O3. The van der Waals surface area contributed by atoms with Crippen LogP contribution >= 0.6 is 11.6 Å². The average molecular weight is 292 g/mol. The molecule has 0 fully saturated rings. The van der Waals surface area contributed by atoms with Crippen molar-refractivity contribution in [3.05, 3.63) is 45.6 Å². The molecule has 0 aliphatic carbocycles. The van der Waals surface area contributed by atoms with Crippen LogP contribution in [-0.2, 0) is 0 Å². The molecule has 1 N–H and O–H groups in total. The average Bonchev–Trinajstić information content (AvgIpc) is 3.07. The Kier molecular flexibility index (Phi) is 2.92. The second-order valence-electron chi connectivity index (χ2n) is 3.82. The minimum absolute atomic E-state index is 0.00548. The molecule has 0 aliphatic heterocycles. The number of H-pyrrole nitrogens is 1. The third-order valence-corrected chi connectivity index (χ3v) is 2.86. The lowest BCUT2D eigenvalue weighted by atomic mass is 10.2. The molecule has 1 aromatic carbocycles. The van der Waals surface area contributed by atoms with Crippen molar-refractivity contribution >= 4 is 17.3 Å². The van der Waals surface area contributed by atoms with E-state index >= 15 is 0 Å². The van der Waals surface area contributed by atoms with Gasteiger partial charge in [-0.25, -0.2) is 0 Å². The van der Waals surface area contributed by atoms with E-state index in [1.165, 1.54) is 18.3 Å². The Morgan fingerprint density at radius 3 is 2.65 bits per heavy atom. The molecule has 0 amide bonds. The van der Waals surface area contributed by atoms with Gasteiger partial charge in [0.1, 0.15) is 5.69 Å². The quantitative estimate of drug-likeness (QED) is 0.586. The molecule has 3 aromatic rings. The van der Waals surface area contributed by atoms with Gasteiger partial charge in [-0.15, -0.1) is 0 Å². The van der Waals surface area contributed by atoms with E-state index < -0.39 is 4.92 Å². The summed E-state index contributed by atoms with van der Waals surface area (Å²) in [6, 6.07) is 5.83. The number of aromatic nitrogens is 4. The SMILES string of the molecule is O=[N+]([O-])c1ccc(-c2noc(-c3[nH]ncc3Cl)n2)cc1. The highest BCUT2D eigenvalue weighted by Gasteiger charge is 2.15. The van der Waals surface area contributed by atoms with Gasteiger partial charge in [-0.05, 0) is 12.1 Å². The number of halogens is 1. The normalized spacial score (nSPS) is 10.7. The zero-order valence-electron chi connectivity index (χ0n) is 9.78. The Hall–Kier alpha value is -2.74. The van der Waals surface area contributed by atoms with Crippen LogP contribution in [0.4, 0.5) is 5.69 Å². The van der Waals surface area contributed by atoms with Crippen LogP contribution in [-0.4, -0.2) is 25.3 Å². The van der Waals surface area contributed by atoms with Crippen molar-refractivity contribution in [1.82, 2.24) is 20.3 Å². The Labute approximate surface area is 116 Å². The number of rotatable bonds is 3. The van der Waals surface area contributed by atoms with Crippen molar-refractivity contribution in [3.8, 4) is 23.0 Å². The van der Waals surface area contributed by atoms with Crippen molar-refractivity contribution in [2.45, 2.75) is 0 Å². The van der Waals surface area contributed by atoms with Crippen molar-refractivity contribution in [3.63, 3.8) is 0 Å². The fraction of sp³-hybridized carbons (Fsp3) is 0. The first-order valence-corrected chi connectivity index (χ1v) is 5.81. The van der Waals surface area contributed by atoms with E-state index in [-0.39, 0.29) is 11.6 Å². The third kappa shape index (κ3) is 2.12. The number of nitro benzene ring substituents is 1. The van der Waals surface area contributed by atoms with Crippen LogP contribution in [0.15, 0.2) is 35.0 Å². The molecule has 0 atom stereocenters. The number of benzene rings is 1. The molecule has 0 saturated heterocycles. The highest BCUT2D eigenvalue weighted by molar-refractivity contribution is 6.32. The summed E-state index contributed by atoms with van der Waals surface area (Å²) in [7, 11) is 0. The highest BCUT2D eigenvalue weighted by atomic mass is 35.5. The van der Waals surface area contributed by atoms with Gasteiger partial charge in [0.25, 0.3) is 11.6 Å². The van der Waals surface area contributed by atoms with Gasteiger partial charge in [-0.2, -0.15) is 10.1 Å². The minimum atomic E-state index is -0.476. The largest absolute Gasteiger partial charge is 0.332 e. The van der Waals surface area contributed by atoms with Gasteiger partial charge in [-0.3, -0.25) is 15.2 Å². The summed E-state index contributed by atoms with van der Waals surface area (Å²) in [5, 5.41) is 21.1. The summed E-state index contributed by atoms with van der Waals surface area (Å²) in [5.74, 6) is 0.501. The van der Waals surface area contributed by atoms with Gasteiger partial charge in [0.05, 0.1) is 16.1 Å². The van der Waals surface area contributed by atoms with E-state index in [0.29, 0.717) is 22.1 Å². The van der Waals surface area contributed by atoms with Gasteiger partial charge >= 0.3 is 0 Å². The number of hydrogen-bond acceptors (Lipinski definition) is 6. The van der Waals surface area contributed by atoms with Crippen molar-refractivity contribution in [1.29, 1.82) is 0 Å². The Morgan fingerprint density at radius 1 is 1.30 bits per heavy atom. The van der Waals surface area contributed by atoms with Crippen molar-refractivity contribution in [2.24, 2.45) is 0 Å². The van der Waals surface area contributed by atoms with E-state index in [0.717, 1.165) is 0 Å². The lowest BCUT2D eigenvalue weighted by Gasteiger charge is -1.93. The van der Waals surface area contributed by atoms with Crippen LogP contribution in [0.3, 0.4) is 0 Å². The van der Waals surface area contributed by atoms with Gasteiger partial charge < -0.3 is 4.52 Å². The molecule has 100 valence electrons. The summed E-state index contributed by atoms with van der Waals surface area (Å²) < 4.78 is 5.07. The molecule has 0 spiro atoms. The van der Waals surface area contributed by atoms with Gasteiger partial charge in [0.15, 0.2) is 0 Å². The molecule has 0 aliphatic rings. The predicted molar refractivity (Wildman–Crippen MR) is 69.0 cm³/mol. The first kappa shape index (κ1) is 12.3. The molecule has 2 heterocycles. The summed E-state index contributed by atoms with van der Waals surface area (Å²) in [5.41, 5.74) is 1.02. The molecule has 0 bridgehead atoms. The smallest absolute Gasteiger partial charge is 0.277 e. The van der Waals surface area contributed by atoms with Crippen LogP contribution < -0.4 is 0 Å². The maximum Gasteiger partial charge on any atom is 0.277 e. The van der Waals surface area contributed by atoms with Crippen LogP contribution in [0, 0.1) is 10.1 Å². The van der Waals surface area contributed by atoms with Gasteiger partial charge in [-0.1, -0.05) is 16.8 Å². The second kappa shape index (κ2) is 4.74. The van der Waals surface area contributed by atoms with Gasteiger partial charge in [0.2, 0.25) is 5.82 Å². The number of nitrogens with zero attached hydrogens (tertiary/aromatic N) is 4. The maximum atomic E-state index is 10.6. The molecule has 0 saturated carbocycles. The van der Waals surface area contributed by atoms with Crippen molar-refractivity contribution in [2.75, 3.05) is 0 Å². The van der Waals surface area contributed by atoms with E-state index in [4.69, 9.17) is 16.1 Å². The van der Waals surface area contributed by atoms with Crippen LogP contribution in [0.25, 0.3) is 23.0 Å². The number of non-ortho nitro benzene ring substituents is 1. The Bertz CT molecular complexity index is 764. The van der Waals surface area contributed by atoms with E-state index in [1.54, 1.807) is 12.1 Å². The zero-order valence-corrected chi connectivity index (χ0v) is 10.5. The molecule has 0 unspecified atom stereocenters. The molecule has 9 heteroatoms. The zero-order chi connectivity index (χ0) is 14.1. The predicted octanol–water partition coefficient (Wildman–Crippen LogP) is 2.69.